The summed E-state index contributed by atoms with van der Waals surface area (Å²) < 4.78 is 0. The first kappa shape index (κ1) is 14.0. The molecule has 0 bridgehead atoms. The smallest absolute Gasteiger partial charge is 0.286 e. The summed E-state index contributed by atoms with van der Waals surface area (Å²) in [4.78, 5) is 28.2. The Kier molecular flexibility index (Phi) is 3.47. The highest BCUT2D eigenvalue weighted by atomic mass is 16.3. The average molecular weight is 294 g/mol. The first-order valence-corrected chi connectivity index (χ1v) is 6.85. The number of nitrogens with zero attached hydrogens (tertiary/aromatic N) is 1. The maximum atomic E-state index is 12.3. The zero-order valence-electron chi connectivity index (χ0n) is 11.9. The molecule has 0 fully saturated rings. The molecule has 1 aliphatic carbocycles. The topological polar surface area (TPSA) is 78.8 Å². The number of aliphatic hydroxyl groups excluding tert-OH is 1. The number of benzene rings is 1. The number of aliphatic imine (C=N–C) groups is 1. The third-order valence-corrected chi connectivity index (χ3v) is 3.50. The van der Waals surface area contributed by atoms with Gasteiger partial charge < -0.3 is 10.4 Å². The van der Waals surface area contributed by atoms with E-state index in [1.54, 1.807) is 42.5 Å². The number of anilines is 1. The van der Waals surface area contributed by atoms with Gasteiger partial charge in [-0.25, -0.2) is 4.99 Å². The standard InChI is InChI=1S/C17H14N2O3/c1-10-5-4-6-11(9-10)18-16(21)14-15(20)12-7-2-3-8-13(12)19-17(14)22/h2-9,12,20H,1H3,(H,18,21). The van der Waals surface area contributed by atoms with Gasteiger partial charge in [0.15, 0.2) is 0 Å². The van der Waals surface area contributed by atoms with Crippen LogP contribution in [-0.2, 0) is 9.59 Å². The third kappa shape index (κ3) is 2.48. The molecule has 110 valence electrons. The molecule has 1 aromatic rings. The molecule has 3 rings (SSSR count). The van der Waals surface area contributed by atoms with Gasteiger partial charge in [-0.1, -0.05) is 30.4 Å². The van der Waals surface area contributed by atoms with Crippen LogP contribution < -0.4 is 5.32 Å². The Hall–Kier alpha value is -2.95. The van der Waals surface area contributed by atoms with Gasteiger partial charge in [0.1, 0.15) is 11.3 Å². The van der Waals surface area contributed by atoms with Gasteiger partial charge in [0.2, 0.25) is 0 Å². The van der Waals surface area contributed by atoms with Crippen molar-refractivity contribution in [3.63, 3.8) is 0 Å². The first-order valence-electron chi connectivity index (χ1n) is 6.85. The van der Waals surface area contributed by atoms with Crippen LogP contribution in [0.4, 0.5) is 5.69 Å². The lowest BCUT2D eigenvalue weighted by molar-refractivity contribution is -0.119. The molecule has 1 unspecified atom stereocenters. The highest BCUT2D eigenvalue weighted by molar-refractivity contribution is 6.28. The Bertz CT molecular complexity index is 785. The fourth-order valence-electron chi connectivity index (χ4n) is 2.44. The van der Waals surface area contributed by atoms with Gasteiger partial charge in [0, 0.05) is 5.69 Å². The highest BCUT2D eigenvalue weighted by Gasteiger charge is 2.33. The number of rotatable bonds is 2. The molecule has 0 saturated heterocycles. The van der Waals surface area contributed by atoms with E-state index < -0.39 is 17.7 Å². The maximum Gasteiger partial charge on any atom is 0.286 e. The van der Waals surface area contributed by atoms with Crippen LogP contribution in [0.5, 0.6) is 0 Å². The molecule has 0 radical (unpaired) electrons. The van der Waals surface area contributed by atoms with E-state index >= 15 is 0 Å². The number of aliphatic hydroxyl groups is 1. The van der Waals surface area contributed by atoms with Crippen molar-refractivity contribution in [2.75, 3.05) is 5.32 Å². The quantitative estimate of drug-likeness (QED) is 0.822. The van der Waals surface area contributed by atoms with Gasteiger partial charge in [0.05, 0.1) is 11.6 Å². The van der Waals surface area contributed by atoms with Crippen molar-refractivity contribution in [2.45, 2.75) is 6.92 Å². The largest absolute Gasteiger partial charge is 0.510 e. The molecule has 5 nitrogen and oxygen atoms in total. The summed E-state index contributed by atoms with van der Waals surface area (Å²) in [7, 11) is 0. The zero-order valence-corrected chi connectivity index (χ0v) is 11.9. The summed E-state index contributed by atoms with van der Waals surface area (Å²) in [5.74, 6) is -2.19. The molecule has 2 aliphatic rings. The van der Waals surface area contributed by atoms with E-state index in [1.807, 2.05) is 13.0 Å². The number of hydrogen-bond acceptors (Lipinski definition) is 3. The second kappa shape index (κ2) is 5.44. The lowest BCUT2D eigenvalue weighted by Gasteiger charge is -2.21. The molecule has 2 N–H and O–H groups in total. The zero-order chi connectivity index (χ0) is 15.7. The maximum absolute atomic E-state index is 12.3. The number of fused-ring (bicyclic) bond motifs is 1. The van der Waals surface area contributed by atoms with Crippen molar-refractivity contribution in [2.24, 2.45) is 10.9 Å². The van der Waals surface area contributed by atoms with Crippen LogP contribution in [0, 0.1) is 12.8 Å². The SMILES string of the molecule is Cc1cccc(NC(=O)C2=C(O)C3C=CC=CC3=NC2=O)c1. The lowest BCUT2D eigenvalue weighted by Crippen LogP contribution is -2.30. The number of aryl methyl sites for hydroxylation is 1. The van der Waals surface area contributed by atoms with E-state index in [0.717, 1.165) is 5.56 Å². The first-order chi connectivity index (χ1) is 10.6. The van der Waals surface area contributed by atoms with Gasteiger partial charge in [-0.15, -0.1) is 0 Å². The monoisotopic (exact) mass is 294 g/mol. The van der Waals surface area contributed by atoms with Crippen molar-refractivity contribution in [1.29, 1.82) is 0 Å². The number of allylic oxidation sites excluding steroid dienone is 4. The van der Waals surface area contributed by atoms with Gasteiger partial charge >= 0.3 is 0 Å². The minimum Gasteiger partial charge on any atom is -0.510 e. The second-order valence-corrected chi connectivity index (χ2v) is 5.15. The van der Waals surface area contributed by atoms with Crippen LogP contribution >= 0.6 is 0 Å². The Morgan fingerprint density at radius 1 is 1.32 bits per heavy atom. The molecule has 0 spiro atoms. The van der Waals surface area contributed by atoms with E-state index in [0.29, 0.717) is 11.4 Å². The van der Waals surface area contributed by atoms with Gasteiger partial charge in [-0.2, -0.15) is 0 Å². The Balaban J connectivity index is 1.90. The number of carbonyl (C=O) groups is 2. The predicted molar refractivity (Wildman–Crippen MR) is 83.7 cm³/mol. The summed E-state index contributed by atoms with van der Waals surface area (Å²) in [6.45, 7) is 1.90. The molecule has 5 heteroatoms. The molecule has 1 heterocycles. The van der Waals surface area contributed by atoms with Crippen LogP contribution in [0.3, 0.4) is 0 Å². The van der Waals surface area contributed by atoms with E-state index in [4.69, 9.17) is 0 Å². The van der Waals surface area contributed by atoms with Gasteiger partial charge in [-0.05, 0) is 30.7 Å². The van der Waals surface area contributed by atoms with Crippen LogP contribution in [0.1, 0.15) is 5.56 Å². The Morgan fingerprint density at radius 3 is 2.91 bits per heavy atom. The van der Waals surface area contributed by atoms with Gasteiger partial charge in [-0.3, -0.25) is 9.59 Å². The van der Waals surface area contributed by atoms with Crippen molar-refractivity contribution in [1.82, 2.24) is 0 Å². The van der Waals surface area contributed by atoms with Crippen molar-refractivity contribution < 1.29 is 14.7 Å². The molecule has 1 aromatic carbocycles. The fraction of sp³-hybridized carbons (Fsp3) is 0.118. The third-order valence-electron chi connectivity index (χ3n) is 3.50. The Morgan fingerprint density at radius 2 is 2.14 bits per heavy atom. The average Bonchev–Trinajstić information content (AvgIpc) is 2.47. The summed E-state index contributed by atoms with van der Waals surface area (Å²) >= 11 is 0. The molecule has 0 saturated carbocycles. The minimum atomic E-state index is -0.728. The molecule has 1 aliphatic heterocycles. The van der Waals surface area contributed by atoms with E-state index in [9.17, 15) is 14.7 Å². The molecule has 2 amide bonds. The summed E-state index contributed by atoms with van der Waals surface area (Å²) in [6.07, 6.45) is 6.81. The Labute approximate surface area is 127 Å². The van der Waals surface area contributed by atoms with Crippen molar-refractivity contribution in [3.05, 3.63) is 65.5 Å². The van der Waals surface area contributed by atoms with E-state index in [1.165, 1.54) is 0 Å². The predicted octanol–water partition coefficient (Wildman–Crippen LogP) is 2.47. The number of carbonyl (C=O) groups excluding carboxylic acids is 2. The van der Waals surface area contributed by atoms with Crippen LogP contribution in [0.2, 0.25) is 0 Å². The number of nitrogens with one attached hydrogen (secondary N) is 1. The number of dihydropyridines is 1. The van der Waals surface area contributed by atoms with Crippen LogP contribution in [-0.4, -0.2) is 22.6 Å². The number of hydrogen-bond donors (Lipinski definition) is 2. The molecular weight excluding hydrogens is 280 g/mol. The molecule has 0 aromatic heterocycles. The molecule has 1 atom stereocenters. The van der Waals surface area contributed by atoms with Crippen molar-refractivity contribution >= 4 is 23.2 Å². The second-order valence-electron chi connectivity index (χ2n) is 5.15. The van der Waals surface area contributed by atoms with E-state index in [2.05, 4.69) is 10.3 Å². The van der Waals surface area contributed by atoms with Gasteiger partial charge in [0.25, 0.3) is 11.8 Å². The van der Waals surface area contributed by atoms with Crippen molar-refractivity contribution in [3.8, 4) is 0 Å². The summed E-state index contributed by atoms with van der Waals surface area (Å²) in [6, 6.07) is 7.19. The normalized spacial score (nSPS) is 19.8. The van der Waals surface area contributed by atoms with E-state index in [-0.39, 0.29) is 11.3 Å². The molecule has 22 heavy (non-hydrogen) atoms. The van der Waals surface area contributed by atoms with Crippen LogP contribution in [0.15, 0.2) is 64.9 Å². The highest BCUT2D eigenvalue weighted by Crippen LogP contribution is 2.26. The van der Waals surface area contributed by atoms with Crippen LogP contribution in [0.25, 0.3) is 0 Å². The lowest BCUT2D eigenvalue weighted by atomic mass is 9.90. The minimum absolute atomic E-state index is 0.263. The molecular formula is C17H14N2O3. The number of amides is 2. The summed E-state index contributed by atoms with van der Waals surface area (Å²) in [5, 5.41) is 12.9. The summed E-state index contributed by atoms with van der Waals surface area (Å²) in [5.41, 5.74) is 1.67. The fourth-order valence-corrected chi connectivity index (χ4v) is 2.44.